The molecular weight excluding hydrogens is 403 g/mol. The summed E-state index contributed by atoms with van der Waals surface area (Å²) >= 11 is 0. The highest BCUT2D eigenvalue weighted by molar-refractivity contribution is 5.98. The van der Waals surface area contributed by atoms with Gasteiger partial charge in [-0.15, -0.1) is 24.8 Å². The molecule has 2 atom stereocenters. The van der Waals surface area contributed by atoms with Crippen molar-refractivity contribution in [3.8, 4) is 0 Å². The first-order valence-corrected chi connectivity index (χ1v) is 9.34. The zero-order valence-corrected chi connectivity index (χ0v) is 18.1. The fourth-order valence-electron chi connectivity index (χ4n) is 3.00. The molecule has 9 heteroatoms. The van der Waals surface area contributed by atoms with E-state index in [0.717, 1.165) is 26.1 Å². The molecule has 1 aliphatic heterocycles. The minimum atomic E-state index is -0.477. The first-order valence-electron chi connectivity index (χ1n) is 9.34. The molecule has 0 aromatic heterocycles. The van der Waals surface area contributed by atoms with Gasteiger partial charge in [-0.3, -0.25) is 9.59 Å². The minimum absolute atomic E-state index is 0. The van der Waals surface area contributed by atoms with Crippen molar-refractivity contribution >= 4 is 42.3 Å². The fourth-order valence-corrected chi connectivity index (χ4v) is 3.00. The van der Waals surface area contributed by atoms with Gasteiger partial charge in [0.15, 0.2) is 0 Å². The van der Waals surface area contributed by atoms with Crippen molar-refractivity contribution < 1.29 is 14.3 Å². The van der Waals surface area contributed by atoms with E-state index in [1.807, 2.05) is 0 Å². The Hall–Kier alpha value is -1.38. The molecule has 1 aliphatic rings. The van der Waals surface area contributed by atoms with Gasteiger partial charge in [0.25, 0.3) is 11.8 Å². The van der Waals surface area contributed by atoms with E-state index in [1.54, 1.807) is 24.3 Å². The largest absolute Gasteiger partial charge is 0.364 e. The van der Waals surface area contributed by atoms with Crippen LogP contribution >= 0.6 is 24.8 Å². The first kappa shape index (κ1) is 26.6. The number of rotatable bonds is 9. The molecule has 2 rings (SSSR count). The lowest BCUT2D eigenvalue weighted by Crippen LogP contribution is -2.34. The molecule has 2 amide bonds. The van der Waals surface area contributed by atoms with Gasteiger partial charge < -0.3 is 26.0 Å². The van der Waals surface area contributed by atoms with E-state index in [-0.39, 0.29) is 42.7 Å². The Kier molecular flexibility index (Phi) is 13.1. The van der Waals surface area contributed by atoms with Crippen LogP contribution in [0.5, 0.6) is 0 Å². The summed E-state index contributed by atoms with van der Waals surface area (Å²) in [6, 6.07) is 6.94. The van der Waals surface area contributed by atoms with Gasteiger partial charge in [-0.2, -0.15) is 0 Å². The molecule has 0 unspecified atom stereocenters. The number of nitrogens with zero attached hydrogens (tertiary/aromatic N) is 1. The number of carbonyl (C=O) groups is 2. The van der Waals surface area contributed by atoms with Crippen LogP contribution in [0.2, 0.25) is 0 Å². The normalized spacial score (nSPS) is 18.1. The second-order valence-corrected chi connectivity index (χ2v) is 6.41. The number of benzene rings is 1. The molecule has 0 saturated carbocycles. The van der Waals surface area contributed by atoms with Crippen molar-refractivity contribution in [3.05, 3.63) is 29.8 Å². The monoisotopic (exact) mass is 434 g/mol. The van der Waals surface area contributed by atoms with E-state index in [9.17, 15) is 9.59 Å². The number of carbonyl (C=O) groups excluding carboxylic acids is 2. The van der Waals surface area contributed by atoms with Gasteiger partial charge in [0.2, 0.25) is 0 Å². The van der Waals surface area contributed by atoms with Gasteiger partial charge in [0.1, 0.15) is 6.10 Å². The lowest BCUT2D eigenvalue weighted by molar-refractivity contribution is -0.126. The highest BCUT2D eigenvalue weighted by atomic mass is 35.5. The minimum Gasteiger partial charge on any atom is -0.364 e. The van der Waals surface area contributed by atoms with E-state index in [4.69, 9.17) is 10.5 Å². The third kappa shape index (κ3) is 7.93. The lowest BCUT2D eigenvalue weighted by atomic mass is 10.1. The molecule has 1 heterocycles. The Bertz CT molecular complexity index is 615. The highest BCUT2D eigenvalue weighted by Gasteiger charge is 2.29. The van der Waals surface area contributed by atoms with Gasteiger partial charge in [-0.05, 0) is 44.1 Å². The molecule has 7 nitrogen and oxygen atoms in total. The lowest BCUT2D eigenvalue weighted by Gasteiger charge is -2.18. The molecule has 1 aromatic rings. The maximum atomic E-state index is 12.3. The Morgan fingerprint density at radius 2 is 1.93 bits per heavy atom. The van der Waals surface area contributed by atoms with E-state index < -0.39 is 6.10 Å². The summed E-state index contributed by atoms with van der Waals surface area (Å²) in [6.07, 6.45) is 0.937. The summed E-state index contributed by atoms with van der Waals surface area (Å²) in [4.78, 5) is 26.8. The zero-order chi connectivity index (χ0) is 18.9. The van der Waals surface area contributed by atoms with Crippen LogP contribution in [0.1, 0.15) is 37.0 Å². The first-order chi connectivity index (χ1) is 12.6. The van der Waals surface area contributed by atoms with E-state index in [1.165, 1.54) is 0 Å². The molecule has 1 saturated heterocycles. The van der Waals surface area contributed by atoms with Crippen molar-refractivity contribution in [2.24, 2.45) is 5.73 Å². The SMILES string of the molecule is CCN(CC)CCNC(=O)c1cccc(NC(=O)[C@@H]2CC[C@H](CN)O2)c1.Cl.Cl. The summed E-state index contributed by atoms with van der Waals surface area (Å²) in [6.45, 7) is 7.95. The van der Waals surface area contributed by atoms with E-state index in [2.05, 4.69) is 29.4 Å². The number of nitrogens with one attached hydrogen (secondary N) is 2. The van der Waals surface area contributed by atoms with Crippen LogP contribution in [-0.2, 0) is 9.53 Å². The number of likely N-dealkylation sites (N-methyl/N-ethyl adjacent to an activating group) is 1. The molecule has 0 spiro atoms. The summed E-state index contributed by atoms with van der Waals surface area (Å²) in [7, 11) is 0. The molecule has 0 radical (unpaired) electrons. The number of anilines is 1. The zero-order valence-electron chi connectivity index (χ0n) is 16.5. The summed E-state index contributed by atoms with van der Waals surface area (Å²) in [5.41, 5.74) is 6.69. The van der Waals surface area contributed by atoms with Crippen molar-refractivity contribution in [3.63, 3.8) is 0 Å². The maximum absolute atomic E-state index is 12.3. The fraction of sp³-hybridized carbons (Fsp3) is 0.579. The van der Waals surface area contributed by atoms with Crippen LogP contribution in [0.3, 0.4) is 0 Å². The van der Waals surface area contributed by atoms with Gasteiger partial charge in [0.05, 0.1) is 6.10 Å². The average molecular weight is 435 g/mol. The maximum Gasteiger partial charge on any atom is 0.253 e. The Balaban J connectivity index is 0.00000364. The highest BCUT2D eigenvalue weighted by Crippen LogP contribution is 2.20. The number of hydrogen-bond donors (Lipinski definition) is 3. The Labute approximate surface area is 179 Å². The quantitative estimate of drug-likeness (QED) is 0.552. The predicted octanol–water partition coefficient (Wildman–Crippen LogP) is 2.05. The van der Waals surface area contributed by atoms with E-state index >= 15 is 0 Å². The second kappa shape index (κ2) is 13.7. The Morgan fingerprint density at radius 3 is 2.54 bits per heavy atom. The number of halogens is 2. The number of amides is 2. The number of ether oxygens (including phenoxy) is 1. The van der Waals surface area contributed by atoms with E-state index in [0.29, 0.717) is 30.8 Å². The molecule has 28 heavy (non-hydrogen) atoms. The van der Waals surface area contributed by atoms with Gasteiger partial charge in [-0.25, -0.2) is 0 Å². The van der Waals surface area contributed by atoms with Gasteiger partial charge in [-0.1, -0.05) is 19.9 Å². The van der Waals surface area contributed by atoms with Crippen LogP contribution < -0.4 is 16.4 Å². The topological polar surface area (TPSA) is 96.7 Å². The third-order valence-electron chi connectivity index (χ3n) is 4.66. The van der Waals surface area contributed by atoms with Crippen LogP contribution in [0.25, 0.3) is 0 Å². The molecule has 4 N–H and O–H groups in total. The van der Waals surface area contributed by atoms with Crippen molar-refractivity contribution in [1.82, 2.24) is 10.2 Å². The van der Waals surface area contributed by atoms with Crippen molar-refractivity contribution in [2.45, 2.75) is 38.9 Å². The van der Waals surface area contributed by atoms with Gasteiger partial charge in [0, 0.05) is 30.9 Å². The summed E-state index contributed by atoms with van der Waals surface area (Å²) in [5, 5.41) is 5.74. The molecule has 1 fully saturated rings. The Morgan fingerprint density at radius 1 is 1.21 bits per heavy atom. The second-order valence-electron chi connectivity index (χ2n) is 6.41. The molecule has 160 valence electrons. The van der Waals surface area contributed by atoms with Crippen molar-refractivity contribution in [1.29, 1.82) is 0 Å². The smallest absolute Gasteiger partial charge is 0.253 e. The molecular formula is C19H32Cl2N4O3. The van der Waals surface area contributed by atoms with Crippen LogP contribution in [-0.4, -0.2) is 61.6 Å². The molecule has 0 bridgehead atoms. The van der Waals surface area contributed by atoms with Crippen LogP contribution in [0.15, 0.2) is 24.3 Å². The molecule has 0 aliphatic carbocycles. The van der Waals surface area contributed by atoms with Gasteiger partial charge >= 0.3 is 0 Å². The summed E-state index contributed by atoms with van der Waals surface area (Å²) in [5.74, 6) is -0.339. The number of hydrogen-bond acceptors (Lipinski definition) is 5. The predicted molar refractivity (Wildman–Crippen MR) is 117 cm³/mol. The molecule has 1 aromatic carbocycles. The van der Waals surface area contributed by atoms with Crippen LogP contribution in [0, 0.1) is 0 Å². The standard InChI is InChI=1S/C19H30N4O3.2ClH/c1-3-23(4-2)11-10-21-18(24)14-6-5-7-15(12-14)22-19(25)17-9-8-16(13-20)26-17;;/h5-7,12,16-17H,3-4,8-11,13,20H2,1-2H3,(H,21,24)(H,22,25);2*1H/t16-,17+;;/m1../s1. The average Bonchev–Trinajstić information content (AvgIpc) is 3.15. The summed E-state index contributed by atoms with van der Waals surface area (Å²) < 4.78 is 5.60. The third-order valence-corrected chi connectivity index (χ3v) is 4.66. The van der Waals surface area contributed by atoms with Crippen molar-refractivity contribution in [2.75, 3.05) is 38.0 Å². The van der Waals surface area contributed by atoms with Crippen LogP contribution in [0.4, 0.5) is 5.69 Å². The number of nitrogens with two attached hydrogens (primary N) is 1.